The first-order valence-electron chi connectivity index (χ1n) is 10.5. The molecular formula is C19H34N6O2S. The van der Waals surface area contributed by atoms with E-state index in [9.17, 15) is 8.42 Å². The SMILES string of the molecule is CCN(CC)S(=O)(=O)N1CCN(Cc2cnc(N3CCC[C@H](C)C3)nc2)CC1. The van der Waals surface area contributed by atoms with Crippen LogP contribution in [0.5, 0.6) is 0 Å². The lowest BCUT2D eigenvalue weighted by atomic mass is 10.0. The summed E-state index contributed by atoms with van der Waals surface area (Å²) in [4.78, 5) is 13.7. The molecular weight excluding hydrogens is 376 g/mol. The number of hydrogen-bond acceptors (Lipinski definition) is 6. The van der Waals surface area contributed by atoms with Gasteiger partial charge in [-0.3, -0.25) is 4.90 Å². The van der Waals surface area contributed by atoms with E-state index in [4.69, 9.17) is 0 Å². The molecule has 1 aromatic rings. The minimum Gasteiger partial charge on any atom is -0.341 e. The van der Waals surface area contributed by atoms with Crippen LogP contribution in [-0.2, 0) is 16.8 Å². The number of aromatic nitrogens is 2. The zero-order valence-electron chi connectivity index (χ0n) is 17.4. The van der Waals surface area contributed by atoms with Gasteiger partial charge >= 0.3 is 0 Å². The second-order valence-corrected chi connectivity index (χ2v) is 9.78. The summed E-state index contributed by atoms with van der Waals surface area (Å²) in [6.45, 7) is 12.4. The molecule has 2 saturated heterocycles. The number of anilines is 1. The van der Waals surface area contributed by atoms with Crippen molar-refractivity contribution >= 4 is 16.2 Å². The van der Waals surface area contributed by atoms with Crippen LogP contribution in [0.25, 0.3) is 0 Å². The van der Waals surface area contributed by atoms with Gasteiger partial charge in [-0.25, -0.2) is 9.97 Å². The Balaban J connectivity index is 1.52. The summed E-state index contributed by atoms with van der Waals surface area (Å²) in [5, 5.41) is 0. The highest BCUT2D eigenvalue weighted by Crippen LogP contribution is 2.20. The average Bonchev–Trinajstić information content (AvgIpc) is 2.70. The van der Waals surface area contributed by atoms with Crippen molar-refractivity contribution in [1.29, 1.82) is 0 Å². The quantitative estimate of drug-likeness (QED) is 0.677. The Labute approximate surface area is 169 Å². The first-order chi connectivity index (χ1) is 13.4. The molecule has 8 nitrogen and oxygen atoms in total. The van der Waals surface area contributed by atoms with Crippen LogP contribution in [-0.4, -0.2) is 84.3 Å². The molecule has 3 heterocycles. The van der Waals surface area contributed by atoms with Crippen molar-refractivity contribution in [2.75, 3.05) is 57.3 Å². The summed E-state index contributed by atoms with van der Waals surface area (Å²) in [7, 11) is -3.33. The molecule has 0 saturated carbocycles. The number of piperidine rings is 1. The number of nitrogens with zero attached hydrogens (tertiary/aromatic N) is 6. The van der Waals surface area contributed by atoms with Gasteiger partial charge in [0.25, 0.3) is 10.2 Å². The van der Waals surface area contributed by atoms with Crippen molar-refractivity contribution in [2.24, 2.45) is 5.92 Å². The Kier molecular flexibility index (Phi) is 7.25. The van der Waals surface area contributed by atoms with Gasteiger partial charge in [-0.1, -0.05) is 20.8 Å². The molecule has 3 rings (SSSR count). The van der Waals surface area contributed by atoms with E-state index >= 15 is 0 Å². The maximum Gasteiger partial charge on any atom is 0.282 e. The van der Waals surface area contributed by atoms with Crippen LogP contribution in [0.15, 0.2) is 12.4 Å². The van der Waals surface area contributed by atoms with E-state index in [1.807, 2.05) is 26.2 Å². The van der Waals surface area contributed by atoms with Gasteiger partial charge in [0.1, 0.15) is 0 Å². The van der Waals surface area contributed by atoms with Gasteiger partial charge in [-0.2, -0.15) is 17.0 Å². The fourth-order valence-corrected chi connectivity index (χ4v) is 5.66. The molecule has 0 aliphatic carbocycles. The maximum atomic E-state index is 12.6. The van der Waals surface area contributed by atoms with Crippen LogP contribution < -0.4 is 4.90 Å². The molecule has 0 amide bonds. The molecule has 2 fully saturated rings. The molecule has 1 atom stereocenters. The van der Waals surface area contributed by atoms with Crippen molar-refractivity contribution < 1.29 is 8.42 Å². The van der Waals surface area contributed by atoms with Crippen LogP contribution in [0.4, 0.5) is 5.95 Å². The molecule has 0 aromatic carbocycles. The van der Waals surface area contributed by atoms with Gasteiger partial charge in [0, 0.05) is 76.9 Å². The van der Waals surface area contributed by atoms with Crippen molar-refractivity contribution in [3.8, 4) is 0 Å². The van der Waals surface area contributed by atoms with Crippen molar-refractivity contribution in [3.05, 3.63) is 18.0 Å². The molecule has 158 valence electrons. The third kappa shape index (κ3) is 5.00. The van der Waals surface area contributed by atoms with Crippen molar-refractivity contribution in [1.82, 2.24) is 23.5 Å². The molecule has 9 heteroatoms. The third-order valence-corrected chi connectivity index (χ3v) is 7.91. The molecule has 0 unspecified atom stereocenters. The van der Waals surface area contributed by atoms with E-state index in [1.54, 1.807) is 4.31 Å². The fraction of sp³-hybridized carbons (Fsp3) is 0.789. The van der Waals surface area contributed by atoms with Gasteiger partial charge in [0.15, 0.2) is 0 Å². The lowest BCUT2D eigenvalue weighted by molar-refractivity contribution is 0.175. The smallest absolute Gasteiger partial charge is 0.282 e. The van der Waals surface area contributed by atoms with Gasteiger partial charge in [0.05, 0.1) is 0 Å². The van der Waals surface area contributed by atoms with Crippen LogP contribution in [0.2, 0.25) is 0 Å². The molecule has 2 aliphatic rings. The van der Waals surface area contributed by atoms with Crippen LogP contribution >= 0.6 is 0 Å². The van der Waals surface area contributed by atoms with E-state index < -0.39 is 10.2 Å². The standard InChI is InChI=1S/C19H34N6O2S/c1-4-24(5-2)28(26,27)25-11-9-22(10-12-25)16-18-13-20-19(21-14-18)23-8-6-7-17(3)15-23/h13-14,17H,4-12,15-16H2,1-3H3/t17-/m0/s1. The zero-order valence-corrected chi connectivity index (χ0v) is 18.2. The zero-order chi connectivity index (χ0) is 20.1. The predicted molar refractivity (Wildman–Crippen MR) is 111 cm³/mol. The van der Waals surface area contributed by atoms with Gasteiger partial charge in [-0.15, -0.1) is 0 Å². The molecule has 0 radical (unpaired) electrons. The highest BCUT2D eigenvalue weighted by atomic mass is 32.2. The lowest BCUT2D eigenvalue weighted by Gasteiger charge is -2.36. The summed E-state index contributed by atoms with van der Waals surface area (Å²) in [5.74, 6) is 1.52. The summed E-state index contributed by atoms with van der Waals surface area (Å²) in [6.07, 6.45) is 6.32. The topological polar surface area (TPSA) is 72.9 Å². The third-order valence-electron chi connectivity index (χ3n) is 5.73. The second kappa shape index (κ2) is 9.47. The Bertz CT molecular complexity index is 714. The summed E-state index contributed by atoms with van der Waals surface area (Å²) in [5.41, 5.74) is 1.08. The number of rotatable bonds is 7. The predicted octanol–water partition coefficient (Wildman–Crippen LogP) is 1.42. The Hall–Kier alpha value is -1.29. The van der Waals surface area contributed by atoms with Crippen molar-refractivity contribution in [3.63, 3.8) is 0 Å². The van der Waals surface area contributed by atoms with Crippen molar-refractivity contribution in [2.45, 2.75) is 40.2 Å². The first-order valence-corrected chi connectivity index (χ1v) is 11.9. The van der Waals surface area contributed by atoms with E-state index in [0.717, 1.165) is 44.2 Å². The van der Waals surface area contributed by atoms with Crippen LogP contribution in [0.1, 0.15) is 39.2 Å². The monoisotopic (exact) mass is 410 g/mol. The van der Waals surface area contributed by atoms with Crippen LogP contribution in [0, 0.1) is 5.92 Å². The minimum absolute atomic E-state index is 0.512. The number of hydrogen-bond donors (Lipinski definition) is 0. The summed E-state index contributed by atoms with van der Waals surface area (Å²) < 4.78 is 28.4. The lowest BCUT2D eigenvalue weighted by Crippen LogP contribution is -2.52. The molecule has 0 N–H and O–H groups in total. The minimum atomic E-state index is -3.33. The van der Waals surface area contributed by atoms with Crippen LogP contribution in [0.3, 0.4) is 0 Å². The molecule has 0 spiro atoms. The fourth-order valence-electron chi connectivity index (χ4n) is 4.05. The summed E-state index contributed by atoms with van der Waals surface area (Å²) in [6, 6.07) is 0. The van der Waals surface area contributed by atoms with Gasteiger partial charge < -0.3 is 4.90 Å². The van der Waals surface area contributed by atoms with Gasteiger partial charge in [-0.05, 0) is 18.8 Å². The van der Waals surface area contributed by atoms with E-state index in [-0.39, 0.29) is 0 Å². The van der Waals surface area contributed by atoms with Gasteiger partial charge in [0.2, 0.25) is 5.95 Å². The first kappa shape index (κ1) is 21.4. The van der Waals surface area contributed by atoms with E-state index in [2.05, 4.69) is 26.7 Å². The number of piperazine rings is 1. The maximum absolute atomic E-state index is 12.6. The largest absolute Gasteiger partial charge is 0.341 e. The Morgan fingerprint density at radius 3 is 2.29 bits per heavy atom. The molecule has 2 aliphatic heterocycles. The highest BCUT2D eigenvalue weighted by Gasteiger charge is 2.30. The Morgan fingerprint density at radius 1 is 1.07 bits per heavy atom. The average molecular weight is 411 g/mol. The Morgan fingerprint density at radius 2 is 1.71 bits per heavy atom. The normalized spacial score (nSPS) is 22.7. The summed E-state index contributed by atoms with van der Waals surface area (Å²) >= 11 is 0. The highest BCUT2D eigenvalue weighted by molar-refractivity contribution is 7.86. The van der Waals surface area contributed by atoms with E-state index in [0.29, 0.717) is 32.1 Å². The molecule has 1 aromatic heterocycles. The van der Waals surface area contributed by atoms with E-state index in [1.165, 1.54) is 17.1 Å². The molecule has 0 bridgehead atoms. The molecule has 28 heavy (non-hydrogen) atoms. The second-order valence-electron chi connectivity index (χ2n) is 7.85.